The van der Waals surface area contributed by atoms with Gasteiger partial charge in [-0.3, -0.25) is 14.3 Å². The lowest BCUT2D eigenvalue weighted by atomic mass is 9.92. The molecule has 174 valence electrons. The van der Waals surface area contributed by atoms with Gasteiger partial charge in [-0.05, 0) is 43.2 Å². The summed E-state index contributed by atoms with van der Waals surface area (Å²) in [4.78, 5) is 26.8. The number of hydrogen-bond acceptors (Lipinski definition) is 5. The van der Waals surface area contributed by atoms with Crippen molar-refractivity contribution in [2.75, 3.05) is 0 Å². The summed E-state index contributed by atoms with van der Waals surface area (Å²) >= 11 is 0. The summed E-state index contributed by atoms with van der Waals surface area (Å²) in [6.45, 7) is 0. The van der Waals surface area contributed by atoms with Gasteiger partial charge < -0.3 is 5.11 Å². The smallest absolute Gasteiger partial charge is 0.391 e. The minimum Gasteiger partial charge on any atom is -0.391 e. The van der Waals surface area contributed by atoms with Gasteiger partial charge in [-0.1, -0.05) is 25.0 Å². The molecule has 1 aliphatic rings. The molecule has 3 aromatic heterocycles. The Labute approximate surface area is 192 Å². The lowest BCUT2D eigenvalue weighted by Crippen LogP contribution is -2.34. The molecule has 34 heavy (non-hydrogen) atoms. The van der Waals surface area contributed by atoms with Crippen molar-refractivity contribution in [1.29, 1.82) is 0 Å². The molecule has 0 bridgehead atoms. The number of aliphatic hydroxyl groups is 1. The van der Waals surface area contributed by atoms with Crippen LogP contribution in [-0.2, 0) is 6.18 Å². The number of fused-ring (bicyclic) bond motifs is 1. The van der Waals surface area contributed by atoms with Crippen LogP contribution in [0.5, 0.6) is 0 Å². The van der Waals surface area contributed by atoms with Gasteiger partial charge >= 0.3 is 6.18 Å². The molecular weight excluding hydrogens is 445 g/mol. The summed E-state index contributed by atoms with van der Waals surface area (Å²) in [5.41, 5.74) is 1.11. The van der Waals surface area contributed by atoms with Gasteiger partial charge in [0.05, 0.1) is 40.8 Å². The molecule has 0 amide bonds. The van der Waals surface area contributed by atoms with Crippen LogP contribution in [0.1, 0.15) is 37.3 Å². The number of halogens is 3. The molecule has 1 saturated carbocycles. The molecule has 0 unspecified atom stereocenters. The van der Waals surface area contributed by atoms with Crippen LogP contribution in [0.15, 0.2) is 66.0 Å². The topological polar surface area (TPSA) is 80.9 Å². The minimum absolute atomic E-state index is 0.282. The molecule has 6 nitrogen and oxygen atoms in total. The van der Waals surface area contributed by atoms with Crippen molar-refractivity contribution in [3.8, 4) is 22.5 Å². The van der Waals surface area contributed by atoms with Gasteiger partial charge in [0.2, 0.25) is 0 Å². The molecule has 1 fully saturated rings. The summed E-state index contributed by atoms with van der Waals surface area (Å²) in [7, 11) is 0. The molecule has 1 aliphatic carbocycles. The standard InChI is InChI=1S/C25H21F3N4O2/c26-25(27,28)17-9-7-15(8-10-17)19-12-18-23(22(31-19)16-4-3-11-29-13-16)30-14-32(24(18)34)20-5-1-2-6-21(20)33/h3-4,7-14,20-21,33H,1-2,5-6H2/t20-,21+/m0/s1. The number of rotatable bonds is 3. The molecule has 4 aromatic rings. The predicted octanol–water partition coefficient (Wildman–Crippen LogP) is 5.02. The maximum atomic E-state index is 13.5. The lowest BCUT2D eigenvalue weighted by Gasteiger charge is -2.29. The molecule has 1 aromatic carbocycles. The first kappa shape index (κ1) is 22.2. The third-order valence-corrected chi connectivity index (χ3v) is 6.26. The summed E-state index contributed by atoms with van der Waals surface area (Å²) in [6, 6.07) is 9.35. The zero-order valence-corrected chi connectivity index (χ0v) is 18.0. The van der Waals surface area contributed by atoms with Crippen molar-refractivity contribution in [3.63, 3.8) is 0 Å². The highest BCUT2D eigenvalue weighted by Crippen LogP contribution is 2.33. The van der Waals surface area contributed by atoms with Gasteiger partial charge in [-0.15, -0.1) is 0 Å². The zero-order valence-electron chi connectivity index (χ0n) is 18.0. The van der Waals surface area contributed by atoms with Crippen molar-refractivity contribution in [3.05, 3.63) is 77.1 Å². The van der Waals surface area contributed by atoms with Gasteiger partial charge in [-0.25, -0.2) is 9.97 Å². The second kappa shape index (κ2) is 8.64. The number of pyridine rings is 2. The summed E-state index contributed by atoms with van der Waals surface area (Å²) < 4.78 is 40.5. The summed E-state index contributed by atoms with van der Waals surface area (Å²) in [5, 5.41) is 10.8. The van der Waals surface area contributed by atoms with Crippen LogP contribution < -0.4 is 5.56 Å². The van der Waals surface area contributed by atoms with E-state index in [9.17, 15) is 23.1 Å². The van der Waals surface area contributed by atoms with Crippen molar-refractivity contribution >= 4 is 10.9 Å². The highest BCUT2D eigenvalue weighted by atomic mass is 19.4. The summed E-state index contributed by atoms with van der Waals surface area (Å²) in [5.74, 6) is 0. The van der Waals surface area contributed by atoms with E-state index in [1.807, 2.05) is 0 Å². The first-order chi connectivity index (χ1) is 16.3. The van der Waals surface area contributed by atoms with Gasteiger partial charge in [0, 0.05) is 23.5 Å². The van der Waals surface area contributed by atoms with Crippen molar-refractivity contribution in [1.82, 2.24) is 19.5 Å². The Bertz CT molecular complexity index is 1390. The van der Waals surface area contributed by atoms with Crippen LogP contribution in [0, 0.1) is 0 Å². The summed E-state index contributed by atoms with van der Waals surface area (Å²) in [6.07, 6.45) is 2.65. The van der Waals surface area contributed by atoms with E-state index in [-0.39, 0.29) is 17.0 Å². The molecule has 0 radical (unpaired) electrons. The average molecular weight is 466 g/mol. The Hall–Kier alpha value is -3.59. The minimum atomic E-state index is -4.45. The molecule has 0 aliphatic heterocycles. The quantitative estimate of drug-likeness (QED) is 0.459. The Kier molecular flexibility index (Phi) is 5.65. The Morgan fingerprint density at radius 1 is 1.03 bits per heavy atom. The predicted molar refractivity (Wildman–Crippen MR) is 121 cm³/mol. The number of alkyl halides is 3. The van der Waals surface area contributed by atoms with E-state index in [1.54, 1.807) is 30.6 Å². The van der Waals surface area contributed by atoms with Gasteiger partial charge in [0.1, 0.15) is 5.52 Å². The fourth-order valence-corrected chi connectivity index (χ4v) is 4.48. The normalized spacial score (nSPS) is 18.8. The third-order valence-electron chi connectivity index (χ3n) is 6.26. The van der Waals surface area contributed by atoms with E-state index in [2.05, 4.69) is 15.0 Å². The van der Waals surface area contributed by atoms with E-state index in [0.717, 1.165) is 25.0 Å². The molecule has 3 heterocycles. The fourth-order valence-electron chi connectivity index (χ4n) is 4.48. The number of hydrogen-bond donors (Lipinski definition) is 1. The first-order valence-electron chi connectivity index (χ1n) is 11.0. The van der Waals surface area contributed by atoms with E-state index in [1.165, 1.54) is 23.0 Å². The number of aliphatic hydroxyl groups excluding tert-OH is 1. The van der Waals surface area contributed by atoms with E-state index < -0.39 is 17.8 Å². The van der Waals surface area contributed by atoms with Crippen molar-refractivity contribution in [2.45, 2.75) is 44.0 Å². The maximum absolute atomic E-state index is 13.5. The van der Waals surface area contributed by atoms with Crippen LogP contribution in [-0.4, -0.2) is 30.7 Å². The highest BCUT2D eigenvalue weighted by Gasteiger charge is 2.30. The lowest BCUT2D eigenvalue weighted by molar-refractivity contribution is -0.137. The van der Waals surface area contributed by atoms with Crippen molar-refractivity contribution in [2.24, 2.45) is 0 Å². The molecule has 9 heteroatoms. The Morgan fingerprint density at radius 3 is 2.47 bits per heavy atom. The van der Waals surface area contributed by atoms with Crippen LogP contribution in [0.2, 0.25) is 0 Å². The van der Waals surface area contributed by atoms with E-state index >= 15 is 0 Å². The molecule has 2 atom stereocenters. The van der Waals surface area contributed by atoms with Crippen molar-refractivity contribution < 1.29 is 18.3 Å². The number of aromatic nitrogens is 4. The SMILES string of the molecule is O=c1c2cc(-c3ccc(C(F)(F)F)cc3)nc(-c3cccnc3)c2ncn1[C@H]1CCCC[C@H]1O. The van der Waals surface area contributed by atoms with Crippen LogP contribution in [0.4, 0.5) is 13.2 Å². The largest absolute Gasteiger partial charge is 0.416 e. The first-order valence-corrected chi connectivity index (χ1v) is 11.0. The Balaban J connectivity index is 1.71. The third kappa shape index (κ3) is 4.07. The van der Waals surface area contributed by atoms with Gasteiger partial charge in [0.15, 0.2) is 0 Å². The average Bonchev–Trinajstić information content (AvgIpc) is 2.84. The maximum Gasteiger partial charge on any atom is 0.416 e. The van der Waals surface area contributed by atoms with E-state index in [0.29, 0.717) is 40.9 Å². The molecule has 1 N–H and O–H groups in total. The number of nitrogens with zero attached hydrogens (tertiary/aromatic N) is 4. The molecular formula is C25H21F3N4O2. The zero-order chi connectivity index (χ0) is 23.9. The number of benzene rings is 1. The monoisotopic (exact) mass is 466 g/mol. The molecule has 0 saturated heterocycles. The second-order valence-electron chi connectivity index (χ2n) is 8.45. The highest BCUT2D eigenvalue weighted by molar-refractivity contribution is 5.93. The van der Waals surface area contributed by atoms with Gasteiger partial charge in [-0.2, -0.15) is 13.2 Å². The van der Waals surface area contributed by atoms with Crippen LogP contribution in [0.3, 0.4) is 0 Å². The molecule has 5 rings (SSSR count). The Morgan fingerprint density at radius 2 is 1.79 bits per heavy atom. The van der Waals surface area contributed by atoms with E-state index in [4.69, 9.17) is 0 Å². The van der Waals surface area contributed by atoms with Crippen LogP contribution in [0.25, 0.3) is 33.4 Å². The van der Waals surface area contributed by atoms with Gasteiger partial charge in [0.25, 0.3) is 5.56 Å². The second-order valence-corrected chi connectivity index (χ2v) is 8.45. The fraction of sp³-hybridized carbons (Fsp3) is 0.280. The van der Waals surface area contributed by atoms with Crippen LogP contribution >= 0.6 is 0 Å². The molecule has 0 spiro atoms.